The first-order valence-electron chi connectivity index (χ1n) is 13.0. The van der Waals surface area contributed by atoms with Crippen LogP contribution in [0.3, 0.4) is 0 Å². The van der Waals surface area contributed by atoms with E-state index in [2.05, 4.69) is 69.3 Å². The molecular weight excluding hydrogens is 521 g/mol. The summed E-state index contributed by atoms with van der Waals surface area (Å²) in [5.74, 6) is 1.17. The maximum Gasteiger partial charge on any atom is 0.303 e. The first-order chi connectivity index (χ1) is 17.6. The third-order valence-electron chi connectivity index (χ3n) is 7.19. The van der Waals surface area contributed by atoms with Gasteiger partial charge in [-0.15, -0.1) is 23.5 Å². The Kier molecular flexibility index (Phi) is 8.83. The van der Waals surface area contributed by atoms with Gasteiger partial charge in [-0.05, 0) is 46.2 Å². The number of rotatable bonds is 6. The number of ether oxygens (including phenoxy) is 2. The highest BCUT2D eigenvalue weighted by atomic mass is 32.2. The summed E-state index contributed by atoms with van der Waals surface area (Å²) in [5.41, 5.74) is 0. The molecule has 3 atom stereocenters. The molecule has 200 valence electrons. The van der Waals surface area contributed by atoms with Crippen molar-refractivity contribution < 1.29 is 23.5 Å². The smallest absolute Gasteiger partial charge is 0.303 e. The van der Waals surface area contributed by atoms with Crippen LogP contribution >= 0.6 is 23.5 Å². The van der Waals surface area contributed by atoms with Gasteiger partial charge in [0.05, 0.1) is 6.10 Å². The van der Waals surface area contributed by atoms with Gasteiger partial charge in [0.2, 0.25) is 0 Å². The fourth-order valence-corrected chi connectivity index (χ4v) is 14.3. The second-order valence-corrected chi connectivity index (χ2v) is 18.1. The van der Waals surface area contributed by atoms with Crippen LogP contribution in [0.5, 0.6) is 0 Å². The van der Waals surface area contributed by atoms with E-state index in [9.17, 15) is 9.59 Å². The fourth-order valence-electron chi connectivity index (χ4n) is 5.74. The largest absolute Gasteiger partial charge is 0.459 e. The van der Waals surface area contributed by atoms with Crippen molar-refractivity contribution in [1.82, 2.24) is 0 Å². The average Bonchev–Trinajstić information content (AvgIpc) is 2.86. The highest BCUT2D eigenvalue weighted by Gasteiger charge is 2.61. The number of hydrogen-bond donors (Lipinski definition) is 0. The minimum atomic E-state index is -2.85. The summed E-state index contributed by atoms with van der Waals surface area (Å²) in [6.45, 7) is 9.69. The Morgan fingerprint density at radius 2 is 1.35 bits per heavy atom. The van der Waals surface area contributed by atoms with Gasteiger partial charge in [-0.1, -0.05) is 81.4 Å². The van der Waals surface area contributed by atoms with Gasteiger partial charge < -0.3 is 13.9 Å². The molecule has 5 nitrogen and oxygen atoms in total. The molecule has 2 aliphatic rings. The molecule has 1 spiro atoms. The first kappa shape index (κ1) is 28.3. The minimum absolute atomic E-state index is 0.176. The summed E-state index contributed by atoms with van der Waals surface area (Å²) in [6.07, 6.45) is 1.13. The molecule has 8 heteroatoms. The maximum atomic E-state index is 12.4. The van der Waals surface area contributed by atoms with E-state index in [-0.39, 0.29) is 23.1 Å². The molecule has 2 aromatic rings. The topological polar surface area (TPSA) is 61.8 Å². The molecule has 0 aromatic heterocycles. The molecule has 0 unspecified atom stereocenters. The van der Waals surface area contributed by atoms with Crippen LogP contribution in [-0.4, -0.2) is 54.2 Å². The zero-order valence-electron chi connectivity index (χ0n) is 22.4. The zero-order valence-corrected chi connectivity index (χ0v) is 25.0. The van der Waals surface area contributed by atoms with E-state index >= 15 is 0 Å². The fraction of sp³-hybridized carbons (Fsp3) is 0.517. The summed E-state index contributed by atoms with van der Waals surface area (Å²) < 4.78 is 18.9. The SMILES string of the molecule is CC(=O)O[C@@H]1[C@H](OC(C)=O)CC[C@@H](O[Si](c2ccccc2)(c2ccccc2)C(C)(C)C)C12SCCCS2. The van der Waals surface area contributed by atoms with Gasteiger partial charge in [0, 0.05) is 13.8 Å². The number of benzene rings is 2. The van der Waals surface area contributed by atoms with Crippen molar-refractivity contribution >= 4 is 54.2 Å². The highest BCUT2D eigenvalue weighted by Crippen LogP contribution is 2.55. The van der Waals surface area contributed by atoms with E-state index in [0.717, 1.165) is 24.3 Å². The van der Waals surface area contributed by atoms with E-state index in [1.54, 1.807) is 0 Å². The van der Waals surface area contributed by atoms with E-state index in [0.29, 0.717) is 6.42 Å². The summed E-state index contributed by atoms with van der Waals surface area (Å²) >= 11 is 3.62. The van der Waals surface area contributed by atoms with E-state index in [1.165, 1.54) is 24.2 Å². The van der Waals surface area contributed by atoms with Gasteiger partial charge in [-0.3, -0.25) is 9.59 Å². The number of thioether (sulfide) groups is 2. The lowest BCUT2D eigenvalue weighted by molar-refractivity contribution is -0.172. The molecular formula is C29H38O5S2Si. The summed E-state index contributed by atoms with van der Waals surface area (Å²) in [4.78, 5) is 24.4. The first-order valence-corrected chi connectivity index (χ1v) is 16.9. The second kappa shape index (κ2) is 11.6. The number of hydrogen-bond acceptors (Lipinski definition) is 7. The molecule has 1 heterocycles. The minimum Gasteiger partial charge on any atom is -0.459 e. The lowest BCUT2D eigenvalue weighted by Crippen LogP contribution is -2.71. The number of carbonyl (C=O) groups excluding carboxylic acids is 2. The monoisotopic (exact) mass is 558 g/mol. The molecule has 2 aromatic carbocycles. The number of carbonyl (C=O) groups is 2. The van der Waals surface area contributed by atoms with Crippen molar-refractivity contribution in [2.24, 2.45) is 0 Å². The van der Waals surface area contributed by atoms with Crippen molar-refractivity contribution in [2.75, 3.05) is 11.5 Å². The van der Waals surface area contributed by atoms with Crippen LogP contribution in [-0.2, 0) is 23.5 Å². The predicted molar refractivity (Wildman–Crippen MR) is 155 cm³/mol. The lowest BCUT2D eigenvalue weighted by Gasteiger charge is -2.55. The van der Waals surface area contributed by atoms with Crippen molar-refractivity contribution in [3.63, 3.8) is 0 Å². The van der Waals surface area contributed by atoms with E-state index in [1.807, 2.05) is 35.7 Å². The standard InChI is InChI=1S/C29H38O5S2Si/c1-21(30)32-25-17-18-26(29(27(25)33-22(2)31)35-19-12-20-36-29)34-37(28(3,4)5,23-13-8-6-9-14-23)24-15-10-7-11-16-24/h6-11,13-16,25-27H,12,17-20H2,1-5H3/t25-,26-,27-/m1/s1. The third kappa shape index (κ3) is 5.67. The average molecular weight is 559 g/mol. The van der Waals surface area contributed by atoms with Crippen molar-refractivity contribution in [1.29, 1.82) is 0 Å². The molecule has 0 bridgehead atoms. The normalized spacial score (nSPS) is 23.9. The second-order valence-electron chi connectivity index (χ2n) is 10.8. The van der Waals surface area contributed by atoms with Crippen LogP contribution in [0.4, 0.5) is 0 Å². The molecule has 0 N–H and O–H groups in total. The molecule has 1 aliphatic heterocycles. The molecule has 2 fully saturated rings. The Morgan fingerprint density at radius 1 is 0.838 bits per heavy atom. The van der Waals surface area contributed by atoms with Crippen molar-refractivity contribution in [3.8, 4) is 0 Å². The van der Waals surface area contributed by atoms with Gasteiger partial charge in [-0.25, -0.2) is 0 Å². The Balaban J connectivity index is 1.87. The van der Waals surface area contributed by atoms with E-state index in [4.69, 9.17) is 13.9 Å². The molecule has 1 saturated carbocycles. The van der Waals surface area contributed by atoms with Crippen LogP contribution < -0.4 is 10.4 Å². The van der Waals surface area contributed by atoms with E-state index < -0.39 is 24.6 Å². The van der Waals surface area contributed by atoms with Crippen LogP contribution in [0.1, 0.15) is 53.9 Å². The summed E-state index contributed by atoms with van der Waals surface area (Å²) in [5, 5.41) is 2.27. The Hall–Kier alpha value is -1.74. The Labute approximate surface area is 230 Å². The quantitative estimate of drug-likeness (QED) is 0.359. The summed E-state index contributed by atoms with van der Waals surface area (Å²) in [7, 11) is -2.85. The molecule has 0 radical (unpaired) electrons. The van der Waals surface area contributed by atoms with Crippen LogP contribution in [0.15, 0.2) is 60.7 Å². The summed E-state index contributed by atoms with van der Waals surface area (Å²) in [6, 6.07) is 21.3. The van der Waals surface area contributed by atoms with Gasteiger partial charge in [0.15, 0.2) is 6.10 Å². The predicted octanol–water partition coefficient (Wildman–Crippen LogP) is 5.16. The van der Waals surface area contributed by atoms with Gasteiger partial charge >= 0.3 is 11.9 Å². The third-order valence-corrected chi connectivity index (χ3v) is 15.8. The van der Waals surface area contributed by atoms with Gasteiger partial charge in [-0.2, -0.15) is 0 Å². The maximum absolute atomic E-state index is 12.4. The van der Waals surface area contributed by atoms with Gasteiger partial charge in [0.1, 0.15) is 10.2 Å². The Morgan fingerprint density at radius 3 is 1.81 bits per heavy atom. The molecule has 37 heavy (non-hydrogen) atoms. The van der Waals surface area contributed by atoms with Gasteiger partial charge in [0.25, 0.3) is 8.32 Å². The molecule has 1 saturated heterocycles. The Bertz CT molecular complexity index is 1030. The molecule has 4 rings (SSSR count). The van der Waals surface area contributed by atoms with Crippen LogP contribution in [0, 0.1) is 0 Å². The molecule has 0 amide bonds. The van der Waals surface area contributed by atoms with Crippen LogP contribution in [0.2, 0.25) is 5.04 Å². The highest BCUT2D eigenvalue weighted by molar-refractivity contribution is 8.19. The van der Waals surface area contributed by atoms with Crippen LogP contribution in [0.25, 0.3) is 0 Å². The zero-order chi connectivity index (χ0) is 26.7. The number of esters is 2. The lowest BCUT2D eigenvalue weighted by atomic mass is 9.90. The van der Waals surface area contributed by atoms with Crippen molar-refractivity contribution in [3.05, 3.63) is 60.7 Å². The van der Waals surface area contributed by atoms with Crippen molar-refractivity contribution in [2.45, 2.75) is 81.3 Å². The molecule has 1 aliphatic carbocycles.